The molecule has 16 rings (SSSR count). The van der Waals surface area contributed by atoms with Gasteiger partial charge in [0.1, 0.15) is 25.5 Å². The number of fused-ring (bicyclic) bond motifs is 4. The van der Waals surface area contributed by atoms with Crippen molar-refractivity contribution in [1.29, 1.82) is 0 Å². The molecule has 5 aromatic heterocycles. The average Bonchev–Trinajstić information content (AvgIpc) is 1.62. The first-order chi connectivity index (χ1) is 46.5. The van der Waals surface area contributed by atoms with Crippen LogP contribution in [0.3, 0.4) is 0 Å². The van der Waals surface area contributed by atoms with Crippen LogP contribution >= 0.6 is 9.42 Å². The molecule has 8 heterocycles. The molecule has 0 atom stereocenters. The fourth-order valence-electron chi connectivity index (χ4n) is 10.5. The first kappa shape index (κ1) is 68.7. The van der Waals surface area contributed by atoms with Crippen LogP contribution in [0, 0.1) is 6.67 Å². The molecule has 96 heavy (non-hydrogen) atoms. The molecule has 0 saturated heterocycles. The van der Waals surface area contributed by atoms with Crippen LogP contribution in [0.25, 0.3) is 32.2 Å². The molecule has 18 heteroatoms. The Bertz CT molecular complexity index is 4240. The Balaban J connectivity index is 0.000000139. The van der Waals surface area contributed by atoms with Gasteiger partial charge in [-0.05, 0) is 151 Å². The first-order valence-electron chi connectivity index (χ1n) is 30.4. The number of nitrogens with zero attached hydrogens (tertiary/aromatic N) is 14. The Hall–Kier alpha value is -10.1. The fourth-order valence-corrected chi connectivity index (χ4v) is 10.5. The number of rotatable bonds is 12. The molecule has 0 saturated carbocycles. The Morgan fingerprint density at radius 1 is 0.375 bits per heavy atom. The maximum absolute atomic E-state index is 4.69. The summed E-state index contributed by atoms with van der Waals surface area (Å²) >= 11 is 1.61. The van der Waals surface area contributed by atoms with Crippen molar-refractivity contribution < 1.29 is 61.4 Å². The molecular formula is C78H62BrClN14Pt2. The van der Waals surface area contributed by atoms with E-state index < -0.39 is 0 Å². The summed E-state index contributed by atoms with van der Waals surface area (Å²) in [6, 6.07) is 89.5. The molecule has 3 aliphatic heterocycles. The number of aliphatic imine (C=N–C) groups is 4. The van der Waals surface area contributed by atoms with Crippen molar-refractivity contribution in [2.24, 2.45) is 20.0 Å². The van der Waals surface area contributed by atoms with Gasteiger partial charge in [-0.25, -0.2) is 9.13 Å². The van der Waals surface area contributed by atoms with E-state index in [0.717, 1.165) is 70.0 Å². The predicted octanol–water partition coefficient (Wildman–Crippen LogP) is 14.5. The van der Waals surface area contributed by atoms with Gasteiger partial charge >= 0.3 is 49.3 Å². The van der Waals surface area contributed by atoms with E-state index in [2.05, 4.69) is 287 Å². The van der Waals surface area contributed by atoms with Crippen LogP contribution in [0.5, 0.6) is 0 Å². The van der Waals surface area contributed by atoms with Gasteiger partial charge in [-0.15, -0.1) is 0 Å². The van der Waals surface area contributed by atoms with Crippen molar-refractivity contribution in [2.75, 3.05) is 0 Å². The van der Waals surface area contributed by atoms with E-state index in [-0.39, 0.29) is 38.0 Å². The zero-order valence-electron chi connectivity index (χ0n) is 51.7. The van der Waals surface area contributed by atoms with Crippen molar-refractivity contribution in [3.63, 3.8) is 0 Å². The Morgan fingerprint density at radius 2 is 0.667 bits per heavy atom. The molecule has 3 aliphatic rings. The molecule has 14 nitrogen and oxygen atoms in total. The van der Waals surface area contributed by atoms with Crippen LogP contribution in [0.1, 0.15) is 44.5 Å². The Labute approximate surface area is 599 Å². The third-order valence-corrected chi connectivity index (χ3v) is 15.0. The molecule has 0 aliphatic carbocycles. The standard InChI is InChI=1S/2C22H14N5.2C17H17N2.BrH.ClH.2Pt/c2*1-2-8-16-14-18-17(13-15(16)7-1)21(25-19-9-3-5-11-23-19)27-22(18)26-20-10-4-6-12-24-20;2*1-3-7-16(8-4-1)13-18-11-12-19(15-18)14-17-9-5-2-6-10-17;;;;/h2*1-14H;2*1-12,15H,13-14H2;2*1H;;/q3*-1;+1;;;2*+2/p-2. The number of amidine groups is 4. The number of aromatic nitrogens is 6. The summed E-state index contributed by atoms with van der Waals surface area (Å²) in [5, 5.41) is 13.9. The number of hydrogen-bond donors (Lipinski definition) is 0. The van der Waals surface area contributed by atoms with Crippen LogP contribution in [0.4, 0.5) is 23.3 Å². The predicted molar refractivity (Wildman–Crippen MR) is 375 cm³/mol. The summed E-state index contributed by atoms with van der Waals surface area (Å²) in [6.07, 6.45) is 17.5. The summed E-state index contributed by atoms with van der Waals surface area (Å²) < 4.78 is 4.41. The Kier molecular flexibility index (Phi) is 25.3. The summed E-state index contributed by atoms with van der Waals surface area (Å²) in [4.78, 5) is 40.1. The quantitative estimate of drug-likeness (QED) is 0.0880. The largest absolute Gasteiger partial charge is 2.00 e. The van der Waals surface area contributed by atoms with E-state index in [1.165, 1.54) is 22.3 Å². The Morgan fingerprint density at radius 3 is 0.979 bits per heavy atom. The molecule has 478 valence electrons. The summed E-state index contributed by atoms with van der Waals surface area (Å²) in [7, 11) is 4.61. The molecule has 0 bridgehead atoms. The monoisotopic (exact) mass is 1700 g/mol. The van der Waals surface area contributed by atoms with Gasteiger partial charge in [-0.3, -0.25) is 19.9 Å². The minimum absolute atomic E-state index is 0. The van der Waals surface area contributed by atoms with E-state index in [1.54, 1.807) is 43.6 Å². The third kappa shape index (κ3) is 19.0. The van der Waals surface area contributed by atoms with Gasteiger partial charge in [0.05, 0.1) is 23.3 Å². The molecule has 0 unspecified atom stereocenters. The SMILES string of the molecule is C1=CN(Cc2ccccc2)[CH-]N1Cc1ccccc1.[Br-].[Cl][Pt+].[Pt+2].c1ccc(Cn2cc[n+](Cc3ccccc3)c2)cc1.c1ccc(N=C2[N-]C(=Nc3ccccn3)c3cc4ccccc4cc32)nc1.c1ccc(N=C2[N-]C(=Nc3ccccn3)c3cc4ccccc4cc32)nc1. The maximum Gasteiger partial charge on any atom is 2.00 e. The molecule has 13 aromatic rings. The van der Waals surface area contributed by atoms with Gasteiger partial charge in [0.2, 0.25) is 6.33 Å². The average molecular weight is 1700 g/mol. The fraction of sp³-hybridized carbons (Fsp3) is 0.0513. The van der Waals surface area contributed by atoms with E-state index in [9.17, 15) is 0 Å². The minimum atomic E-state index is 0. The zero-order chi connectivity index (χ0) is 63.9. The molecule has 0 N–H and O–H groups in total. The van der Waals surface area contributed by atoms with Crippen LogP contribution in [0.2, 0.25) is 0 Å². The number of imidazole rings is 1. The molecule has 0 spiro atoms. The normalized spacial score (nSPS) is 13.9. The number of pyridine rings is 4. The van der Waals surface area contributed by atoms with Crippen molar-refractivity contribution in [3.8, 4) is 0 Å². The van der Waals surface area contributed by atoms with Crippen LogP contribution < -0.4 is 21.5 Å². The summed E-state index contributed by atoms with van der Waals surface area (Å²) in [5.74, 6) is 4.94. The number of benzene rings is 8. The van der Waals surface area contributed by atoms with Crippen molar-refractivity contribution >= 4 is 77.6 Å². The van der Waals surface area contributed by atoms with Gasteiger partial charge in [0, 0.05) is 61.2 Å². The van der Waals surface area contributed by atoms with Crippen molar-refractivity contribution in [3.05, 3.63) is 385 Å². The maximum atomic E-state index is 4.69. The van der Waals surface area contributed by atoms with Gasteiger partial charge in [-0.2, -0.15) is 6.67 Å². The smallest absolute Gasteiger partial charge is 0.357 e. The van der Waals surface area contributed by atoms with E-state index in [1.807, 2.05) is 97.1 Å². The van der Waals surface area contributed by atoms with Gasteiger partial charge in [-0.1, -0.05) is 194 Å². The summed E-state index contributed by atoms with van der Waals surface area (Å²) in [5.41, 5.74) is 9.11. The van der Waals surface area contributed by atoms with E-state index in [4.69, 9.17) is 0 Å². The molecule has 0 radical (unpaired) electrons. The van der Waals surface area contributed by atoms with Gasteiger partial charge in [0.15, 0.2) is 0 Å². The minimum Gasteiger partial charge on any atom is -0.357 e. The number of hydrogen-bond acceptors (Lipinski definition) is 10. The molecule has 0 amide bonds. The van der Waals surface area contributed by atoms with Crippen molar-refractivity contribution in [1.82, 2.24) is 34.3 Å². The van der Waals surface area contributed by atoms with Crippen molar-refractivity contribution in [2.45, 2.75) is 26.2 Å². The first-order valence-corrected chi connectivity index (χ1v) is 33.2. The summed E-state index contributed by atoms with van der Waals surface area (Å²) in [6.45, 7) is 5.83. The molecule has 8 aromatic carbocycles. The second-order valence-corrected chi connectivity index (χ2v) is 21.7. The van der Waals surface area contributed by atoms with Gasteiger partial charge < -0.3 is 57.4 Å². The van der Waals surface area contributed by atoms with E-state index >= 15 is 0 Å². The second kappa shape index (κ2) is 35.4. The van der Waals surface area contributed by atoms with Crippen LogP contribution in [-0.2, 0) is 66.0 Å². The van der Waals surface area contributed by atoms with Crippen LogP contribution in [0.15, 0.2) is 343 Å². The van der Waals surface area contributed by atoms with Crippen LogP contribution in [-0.4, -0.2) is 57.6 Å². The molecular weight excluding hydrogens is 1640 g/mol. The second-order valence-electron chi connectivity index (χ2n) is 21.7. The third-order valence-electron chi connectivity index (χ3n) is 15.0. The topological polar surface area (TPSA) is 144 Å². The molecule has 0 fully saturated rings. The van der Waals surface area contributed by atoms with Gasteiger partial charge in [0.25, 0.3) is 0 Å². The number of halogens is 2. The zero-order valence-corrected chi connectivity index (χ0v) is 58.5. The van der Waals surface area contributed by atoms with E-state index in [0.29, 0.717) is 46.6 Å².